The highest BCUT2D eigenvalue weighted by Crippen LogP contribution is 2.39. The van der Waals surface area contributed by atoms with E-state index in [1.54, 1.807) is 12.2 Å². The molecule has 0 radical (unpaired) electrons. The first-order chi connectivity index (χ1) is 22.6. The van der Waals surface area contributed by atoms with E-state index in [0.29, 0.717) is 0 Å². The van der Waals surface area contributed by atoms with Crippen LogP contribution >= 0.6 is 0 Å². The van der Waals surface area contributed by atoms with Gasteiger partial charge in [-0.1, -0.05) is 124 Å². The molecule has 7 rings (SSSR count). The first-order valence-corrected chi connectivity index (χ1v) is 15.7. The SMILES string of the molecule is C=C/C=C(\C=N)c1ccc(-c2ccc3c(ccc4c5ccc(-c6ccc7ccccc7c6)cc5n(/C(C=C)=C/C)c34)c2)cn1.CC. The van der Waals surface area contributed by atoms with E-state index in [9.17, 15) is 0 Å². The van der Waals surface area contributed by atoms with Crippen LogP contribution in [0.4, 0.5) is 0 Å². The topological polar surface area (TPSA) is 41.7 Å². The van der Waals surface area contributed by atoms with Crippen LogP contribution in [0.5, 0.6) is 0 Å². The molecule has 0 fully saturated rings. The van der Waals surface area contributed by atoms with E-state index in [4.69, 9.17) is 5.41 Å². The van der Waals surface area contributed by atoms with Gasteiger partial charge in [0.1, 0.15) is 0 Å². The lowest BCUT2D eigenvalue weighted by molar-refractivity contribution is 1.24. The molecule has 2 aromatic heterocycles. The molecule has 5 aromatic carbocycles. The van der Waals surface area contributed by atoms with Gasteiger partial charge in [0, 0.05) is 45.4 Å². The maximum atomic E-state index is 7.68. The molecule has 3 heteroatoms. The molecular weight excluding hydrogens is 558 g/mol. The van der Waals surface area contributed by atoms with E-state index in [2.05, 4.69) is 133 Å². The summed E-state index contributed by atoms with van der Waals surface area (Å²) in [5.74, 6) is 0. The fraction of sp³-hybridized carbons (Fsp3) is 0.0698. The van der Waals surface area contributed by atoms with Crippen molar-refractivity contribution >= 4 is 60.8 Å². The number of rotatable bonds is 7. The Balaban J connectivity index is 0.00000182. The van der Waals surface area contributed by atoms with Crippen LogP contribution in [0.15, 0.2) is 147 Å². The lowest BCUT2D eigenvalue weighted by atomic mass is 9.98. The Hall–Kier alpha value is -5.80. The second-order valence-electron chi connectivity index (χ2n) is 10.9. The van der Waals surface area contributed by atoms with Gasteiger partial charge in [0.05, 0.1) is 16.7 Å². The summed E-state index contributed by atoms with van der Waals surface area (Å²) in [6.45, 7) is 14.0. The zero-order valence-corrected chi connectivity index (χ0v) is 26.6. The van der Waals surface area contributed by atoms with Crippen molar-refractivity contribution in [3.05, 3.63) is 152 Å². The van der Waals surface area contributed by atoms with Gasteiger partial charge >= 0.3 is 0 Å². The summed E-state index contributed by atoms with van der Waals surface area (Å²) in [6, 6.07) is 37.1. The van der Waals surface area contributed by atoms with Crippen molar-refractivity contribution in [2.45, 2.75) is 20.8 Å². The molecule has 0 aliphatic carbocycles. The normalized spacial score (nSPS) is 11.9. The number of hydrogen-bond donors (Lipinski definition) is 1. The minimum Gasteiger partial charge on any atom is -0.309 e. The summed E-state index contributed by atoms with van der Waals surface area (Å²) in [5, 5.41) is 14.9. The van der Waals surface area contributed by atoms with E-state index in [-0.39, 0.29) is 0 Å². The van der Waals surface area contributed by atoms with Gasteiger partial charge in [-0.2, -0.15) is 0 Å². The molecular formula is C43H37N3. The van der Waals surface area contributed by atoms with Crippen molar-refractivity contribution in [2.75, 3.05) is 0 Å². The van der Waals surface area contributed by atoms with Crippen LogP contribution in [0.3, 0.4) is 0 Å². The van der Waals surface area contributed by atoms with Crippen molar-refractivity contribution < 1.29 is 0 Å². The molecule has 46 heavy (non-hydrogen) atoms. The molecule has 2 heterocycles. The number of benzene rings is 5. The average molecular weight is 596 g/mol. The lowest BCUT2D eigenvalue weighted by Crippen LogP contribution is -1.95. The maximum absolute atomic E-state index is 7.68. The van der Waals surface area contributed by atoms with E-state index in [1.807, 2.05) is 32.2 Å². The number of pyridine rings is 1. The third kappa shape index (κ3) is 5.27. The van der Waals surface area contributed by atoms with Gasteiger partial charge in [0.2, 0.25) is 0 Å². The molecule has 0 spiro atoms. The monoisotopic (exact) mass is 595 g/mol. The standard InChI is InChI=1S/C41H31N3.C2H6/c1-4-9-33(25-42)39-21-17-34(26-43-39)30-14-18-36-32(23-30)16-20-38-37-19-15-31(24-40(37)44(41(36)38)35(5-2)6-3)29-13-12-27-10-7-8-11-28(27)22-29;1-2/h4-26,42H,1-2H2,3H3;1-2H3/b33-9+,35-6+,42-25?;. The molecule has 0 aliphatic heterocycles. The first kappa shape index (κ1) is 30.2. The van der Waals surface area contributed by atoms with Crippen LogP contribution in [0.2, 0.25) is 0 Å². The van der Waals surface area contributed by atoms with Gasteiger partial charge in [0.25, 0.3) is 0 Å². The number of hydrogen-bond acceptors (Lipinski definition) is 2. The van der Waals surface area contributed by atoms with Gasteiger partial charge in [-0.05, 0) is 70.1 Å². The average Bonchev–Trinajstić information content (AvgIpc) is 3.45. The third-order valence-electron chi connectivity index (χ3n) is 8.44. The van der Waals surface area contributed by atoms with E-state index in [1.165, 1.54) is 49.8 Å². The highest BCUT2D eigenvalue weighted by molar-refractivity contribution is 6.20. The molecule has 7 aromatic rings. The van der Waals surface area contributed by atoms with Crippen molar-refractivity contribution in [1.29, 1.82) is 5.41 Å². The summed E-state index contributed by atoms with van der Waals surface area (Å²) in [5.41, 5.74) is 9.36. The van der Waals surface area contributed by atoms with E-state index < -0.39 is 0 Å². The van der Waals surface area contributed by atoms with Crippen LogP contribution in [0.1, 0.15) is 26.5 Å². The summed E-state index contributed by atoms with van der Waals surface area (Å²) in [7, 11) is 0. The van der Waals surface area contributed by atoms with Crippen LogP contribution in [0, 0.1) is 5.41 Å². The highest BCUT2D eigenvalue weighted by Gasteiger charge is 2.17. The molecule has 0 atom stereocenters. The Morgan fingerprint density at radius 3 is 2.02 bits per heavy atom. The Morgan fingerprint density at radius 2 is 1.33 bits per heavy atom. The minimum absolute atomic E-state index is 0.728. The number of allylic oxidation sites excluding steroid dienone is 6. The Morgan fingerprint density at radius 1 is 0.696 bits per heavy atom. The second-order valence-corrected chi connectivity index (χ2v) is 10.9. The van der Waals surface area contributed by atoms with E-state index >= 15 is 0 Å². The van der Waals surface area contributed by atoms with Crippen molar-refractivity contribution in [2.24, 2.45) is 0 Å². The van der Waals surface area contributed by atoms with Crippen molar-refractivity contribution in [1.82, 2.24) is 9.55 Å². The third-order valence-corrected chi connectivity index (χ3v) is 8.44. The zero-order valence-electron chi connectivity index (χ0n) is 26.6. The predicted molar refractivity (Wildman–Crippen MR) is 202 cm³/mol. The number of fused-ring (bicyclic) bond motifs is 6. The van der Waals surface area contributed by atoms with Crippen LogP contribution < -0.4 is 0 Å². The molecule has 3 nitrogen and oxygen atoms in total. The zero-order chi connectivity index (χ0) is 32.2. The van der Waals surface area contributed by atoms with Crippen LogP contribution in [-0.4, -0.2) is 15.8 Å². The van der Waals surface area contributed by atoms with E-state index in [0.717, 1.165) is 39.0 Å². The fourth-order valence-corrected chi connectivity index (χ4v) is 6.24. The van der Waals surface area contributed by atoms with Gasteiger partial charge < -0.3 is 9.98 Å². The molecule has 0 aliphatic rings. The second kappa shape index (κ2) is 13.1. The lowest BCUT2D eigenvalue weighted by Gasteiger charge is -2.12. The summed E-state index contributed by atoms with van der Waals surface area (Å²) in [4.78, 5) is 4.62. The van der Waals surface area contributed by atoms with Crippen molar-refractivity contribution in [3.8, 4) is 22.3 Å². The molecule has 0 saturated carbocycles. The predicted octanol–water partition coefficient (Wildman–Crippen LogP) is 12.1. The molecule has 0 unspecified atom stereocenters. The van der Waals surface area contributed by atoms with Crippen LogP contribution in [0.25, 0.3) is 76.9 Å². The summed E-state index contributed by atoms with van der Waals surface area (Å²) < 4.78 is 2.35. The van der Waals surface area contributed by atoms with Crippen molar-refractivity contribution in [3.63, 3.8) is 0 Å². The number of aromatic nitrogens is 2. The Bertz CT molecular complexity index is 2330. The maximum Gasteiger partial charge on any atom is 0.0717 e. The number of nitrogens with one attached hydrogen (secondary N) is 1. The quantitative estimate of drug-likeness (QED) is 0.145. The molecule has 0 bridgehead atoms. The molecule has 1 N–H and O–H groups in total. The van der Waals surface area contributed by atoms with Gasteiger partial charge in [-0.25, -0.2) is 0 Å². The Labute approximate surface area is 270 Å². The molecule has 224 valence electrons. The number of nitrogens with zero attached hydrogens (tertiary/aromatic N) is 2. The van der Waals surface area contributed by atoms with Gasteiger partial charge in [-0.3, -0.25) is 4.98 Å². The summed E-state index contributed by atoms with van der Waals surface area (Å²) >= 11 is 0. The van der Waals surface area contributed by atoms with Gasteiger partial charge in [-0.15, -0.1) is 0 Å². The largest absolute Gasteiger partial charge is 0.309 e. The molecule has 0 saturated heterocycles. The van der Waals surface area contributed by atoms with Crippen LogP contribution in [-0.2, 0) is 0 Å². The molecule has 0 amide bonds. The first-order valence-electron chi connectivity index (χ1n) is 15.7. The summed E-state index contributed by atoms with van der Waals surface area (Å²) in [6.07, 6.45) is 10.7. The Kier molecular flexibility index (Phi) is 8.58. The highest BCUT2D eigenvalue weighted by atomic mass is 15.0. The van der Waals surface area contributed by atoms with Gasteiger partial charge in [0.15, 0.2) is 0 Å². The fourth-order valence-electron chi connectivity index (χ4n) is 6.24. The smallest absolute Gasteiger partial charge is 0.0717 e. The minimum atomic E-state index is 0.728.